The summed E-state index contributed by atoms with van der Waals surface area (Å²) >= 11 is 0. The van der Waals surface area contributed by atoms with Crippen LogP contribution in [-0.2, 0) is 11.4 Å². The Bertz CT molecular complexity index is 898. The molecule has 1 saturated carbocycles. The third kappa shape index (κ3) is 3.02. The number of nitrogens with zero attached hydrogens (tertiary/aromatic N) is 1. The zero-order chi connectivity index (χ0) is 19.1. The molecule has 2 heterocycles. The van der Waals surface area contributed by atoms with E-state index < -0.39 is 5.97 Å². The zero-order valence-corrected chi connectivity index (χ0v) is 16.0. The Morgan fingerprint density at radius 3 is 2.39 bits per heavy atom. The van der Waals surface area contributed by atoms with E-state index in [0.29, 0.717) is 6.61 Å². The molecular formula is C24H25NO3. The van der Waals surface area contributed by atoms with Crippen molar-refractivity contribution in [3.05, 3.63) is 70.8 Å². The van der Waals surface area contributed by atoms with E-state index in [-0.39, 0.29) is 12.0 Å². The van der Waals surface area contributed by atoms with E-state index in [0.717, 1.165) is 44.5 Å². The summed E-state index contributed by atoms with van der Waals surface area (Å²) in [4.78, 5) is 13.7. The lowest BCUT2D eigenvalue weighted by atomic mass is 9.86. The van der Waals surface area contributed by atoms with Gasteiger partial charge in [0.1, 0.15) is 12.4 Å². The van der Waals surface area contributed by atoms with Crippen molar-refractivity contribution in [2.45, 2.75) is 44.2 Å². The van der Waals surface area contributed by atoms with E-state index in [2.05, 4.69) is 47.4 Å². The van der Waals surface area contributed by atoms with Gasteiger partial charge >= 0.3 is 5.97 Å². The van der Waals surface area contributed by atoms with Crippen molar-refractivity contribution in [1.29, 1.82) is 0 Å². The molecule has 1 saturated heterocycles. The van der Waals surface area contributed by atoms with Crippen LogP contribution in [0.25, 0.3) is 5.57 Å². The molecule has 28 heavy (non-hydrogen) atoms. The molecule has 0 unspecified atom stereocenters. The van der Waals surface area contributed by atoms with Crippen LogP contribution in [0.5, 0.6) is 5.75 Å². The Morgan fingerprint density at radius 1 is 1.00 bits per heavy atom. The Kier molecular flexibility index (Phi) is 4.24. The summed E-state index contributed by atoms with van der Waals surface area (Å²) in [6.07, 6.45) is 4.28. The normalized spacial score (nSPS) is 20.6. The second kappa shape index (κ2) is 6.78. The summed E-state index contributed by atoms with van der Waals surface area (Å²) < 4.78 is 6.12. The molecule has 4 heteroatoms. The summed E-state index contributed by atoms with van der Waals surface area (Å²) in [6, 6.07) is 16.9. The maximum atomic E-state index is 11.3. The number of ether oxygens (including phenoxy) is 1. The monoisotopic (exact) mass is 375 g/mol. The van der Waals surface area contributed by atoms with Crippen LogP contribution < -0.4 is 4.74 Å². The Hall–Kier alpha value is -2.59. The van der Waals surface area contributed by atoms with Crippen molar-refractivity contribution < 1.29 is 14.6 Å². The van der Waals surface area contributed by atoms with E-state index >= 15 is 0 Å². The Morgan fingerprint density at radius 2 is 1.68 bits per heavy atom. The SMILES string of the molecule is O=C(O)CC1(N2CCC(=C3c4ccccc4COc4ccccc43)CC2)CC1. The number of aliphatic carboxylic acids is 1. The minimum absolute atomic E-state index is 0.0790. The molecule has 0 radical (unpaired) electrons. The summed E-state index contributed by atoms with van der Waals surface area (Å²) in [5.74, 6) is 0.276. The average Bonchev–Trinajstić information content (AvgIpc) is 3.50. The summed E-state index contributed by atoms with van der Waals surface area (Å²) in [5, 5.41) is 9.28. The summed E-state index contributed by atoms with van der Waals surface area (Å²) in [7, 11) is 0. The fourth-order valence-electron chi connectivity index (χ4n) is 4.90. The van der Waals surface area contributed by atoms with Crippen LogP contribution in [0.4, 0.5) is 0 Å². The number of carboxylic acid groups (broad SMARTS) is 1. The van der Waals surface area contributed by atoms with E-state index in [1.54, 1.807) is 0 Å². The number of carbonyl (C=O) groups is 1. The number of likely N-dealkylation sites (tertiary alicyclic amines) is 1. The molecule has 1 aliphatic carbocycles. The van der Waals surface area contributed by atoms with Crippen molar-refractivity contribution in [2.75, 3.05) is 13.1 Å². The van der Waals surface area contributed by atoms with Crippen LogP contribution in [0.15, 0.2) is 54.1 Å². The molecule has 1 N–H and O–H groups in total. The van der Waals surface area contributed by atoms with Gasteiger partial charge in [0.25, 0.3) is 0 Å². The number of hydrogen-bond acceptors (Lipinski definition) is 3. The first-order valence-corrected chi connectivity index (χ1v) is 10.2. The lowest BCUT2D eigenvalue weighted by Gasteiger charge is -2.36. The summed E-state index contributed by atoms with van der Waals surface area (Å²) in [5.41, 5.74) is 6.40. The maximum Gasteiger partial charge on any atom is 0.305 e. The van der Waals surface area contributed by atoms with Gasteiger partial charge in [-0.25, -0.2) is 0 Å². The zero-order valence-electron chi connectivity index (χ0n) is 16.0. The molecule has 144 valence electrons. The average molecular weight is 375 g/mol. The van der Waals surface area contributed by atoms with Crippen LogP contribution in [0.1, 0.15) is 48.8 Å². The van der Waals surface area contributed by atoms with Gasteiger partial charge in [-0.15, -0.1) is 0 Å². The van der Waals surface area contributed by atoms with E-state index in [1.807, 2.05) is 6.07 Å². The molecule has 0 spiro atoms. The minimum Gasteiger partial charge on any atom is -0.488 e. The van der Waals surface area contributed by atoms with Crippen LogP contribution >= 0.6 is 0 Å². The van der Waals surface area contributed by atoms with Gasteiger partial charge < -0.3 is 9.84 Å². The topological polar surface area (TPSA) is 49.8 Å². The van der Waals surface area contributed by atoms with E-state index in [4.69, 9.17) is 4.74 Å². The minimum atomic E-state index is -0.676. The number of piperidine rings is 1. The van der Waals surface area contributed by atoms with Crippen molar-refractivity contribution in [1.82, 2.24) is 4.90 Å². The van der Waals surface area contributed by atoms with Crippen molar-refractivity contribution in [3.8, 4) is 5.75 Å². The lowest BCUT2D eigenvalue weighted by Crippen LogP contribution is -2.43. The third-order valence-electron chi connectivity index (χ3n) is 6.53. The van der Waals surface area contributed by atoms with Gasteiger partial charge in [0.2, 0.25) is 0 Å². The molecule has 2 fully saturated rings. The van der Waals surface area contributed by atoms with Crippen LogP contribution in [0.2, 0.25) is 0 Å². The standard InChI is InChI=1S/C24H25NO3/c26-22(27)15-24(11-12-24)25-13-9-17(10-14-25)23-19-6-2-1-5-18(19)16-28-21-8-4-3-7-20(21)23/h1-8H,9-16H2,(H,26,27). The number of para-hydroxylation sites is 1. The maximum absolute atomic E-state index is 11.3. The fourth-order valence-corrected chi connectivity index (χ4v) is 4.90. The van der Waals surface area contributed by atoms with Crippen molar-refractivity contribution >= 4 is 11.5 Å². The number of rotatable bonds is 3. The second-order valence-corrected chi connectivity index (χ2v) is 8.20. The Balaban J connectivity index is 1.51. The van der Waals surface area contributed by atoms with Crippen molar-refractivity contribution in [3.63, 3.8) is 0 Å². The number of hydrogen-bond donors (Lipinski definition) is 1. The molecular weight excluding hydrogens is 350 g/mol. The van der Waals surface area contributed by atoms with Gasteiger partial charge in [0, 0.05) is 24.2 Å². The molecule has 2 aromatic carbocycles. The highest BCUT2D eigenvalue weighted by molar-refractivity contribution is 5.87. The number of carboxylic acids is 1. The van der Waals surface area contributed by atoms with Gasteiger partial charge in [-0.3, -0.25) is 9.69 Å². The lowest BCUT2D eigenvalue weighted by molar-refractivity contribution is -0.138. The molecule has 3 aliphatic rings. The van der Waals surface area contributed by atoms with Gasteiger partial charge in [-0.1, -0.05) is 48.0 Å². The second-order valence-electron chi connectivity index (χ2n) is 8.20. The molecule has 5 rings (SSSR count). The number of benzene rings is 2. The fraction of sp³-hybridized carbons (Fsp3) is 0.375. The molecule has 0 aromatic heterocycles. The molecule has 4 nitrogen and oxygen atoms in total. The van der Waals surface area contributed by atoms with Gasteiger partial charge in [0.05, 0.1) is 6.42 Å². The van der Waals surface area contributed by atoms with Gasteiger partial charge in [-0.2, -0.15) is 0 Å². The van der Waals surface area contributed by atoms with Crippen LogP contribution in [0, 0.1) is 0 Å². The van der Waals surface area contributed by atoms with E-state index in [1.165, 1.54) is 27.8 Å². The highest BCUT2D eigenvalue weighted by atomic mass is 16.5. The predicted molar refractivity (Wildman–Crippen MR) is 108 cm³/mol. The largest absolute Gasteiger partial charge is 0.488 e. The molecule has 0 atom stereocenters. The first-order chi connectivity index (χ1) is 13.7. The quantitative estimate of drug-likeness (QED) is 0.859. The third-order valence-corrected chi connectivity index (χ3v) is 6.53. The van der Waals surface area contributed by atoms with Crippen molar-refractivity contribution in [2.24, 2.45) is 0 Å². The van der Waals surface area contributed by atoms with Gasteiger partial charge in [0.15, 0.2) is 0 Å². The summed E-state index contributed by atoms with van der Waals surface area (Å²) in [6.45, 7) is 2.48. The van der Waals surface area contributed by atoms with E-state index in [9.17, 15) is 9.90 Å². The molecule has 2 aromatic rings. The van der Waals surface area contributed by atoms with Crippen LogP contribution in [0.3, 0.4) is 0 Å². The highest BCUT2D eigenvalue weighted by Crippen LogP contribution is 2.47. The first-order valence-electron chi connectivity index (χ1n) is 10.2. The highest BCUT2D eigenvalue weighted by Gasteiger charge is 2.49. The first kappa shape index (κ1) is 17.5. The van der Waals surface area contributed by atoms with Crippen LogP contribution in [-0.4, -0.2) is 34.6 Å². The predicted octanol–water partition coefficient (Wildman–Crippen LogP) is 4.48. The molecule has 0 amide bonds. The molecule has 0 bridgehead atoms. The molecule has 2 aliphatic heterocycles. The smallest absolute Gasteiger partial charge is 0.305 e. The number of fused-ring (bicyclic) bond motifs is 2. The Labute approximate surface area is 165 Å². The van der Waals surface area contributed by atoms with Gasteiger partial charge in [-0.05, 0) is 48.4 Å².